The summed E-state index contributed by atoms with van der Waals surface area (Å²) in [6.45, 7) is 4.07. The normalized spacial score (nSPS) is 10.9. The molecule has 0 aliphatic heterocycles. The first-order chi connectivity index (χ1) is 13.8. The van der Waals surface area contributed by atoms with Crippen molar-refractivity contribution < 1.29 is 4.74 Å². The van der Waals surface area contributed by atoms with Crippen LogP contribution in [-0.4, -0.2) is 26.7 Å². The number of ether oxygens (including phenoxy) is 1. The summed E-state index contributed by atoms with van der Waals surface area (Å²) >= 11 is 0. The molecule has 4 rings (SSSR count). The van der Waals surface area contributed by atoms with Gasteiger partial charge in [-0.2, -0.15) is 0 Å². The summed E-state index contributed by atoms with van der Waals surface area (Å²) in [6.07, 6.45) is 3.53. The van der Waals surface area contributed by atoms with Crippen molar-refractivity contribution in [3.63, 3.8) is 0 Å². The second-order valence-corrected chi connectivity index (χ2v) is 6.33. The van der Waals surface area contributed by atoms with E-state index >= 15 is 0 Å². The van der Waals surface area contributed by atoms with Gasteiger partial charge >= 0.3 is 0 Å². The first-order valence-electron chi connectivity index (χ1n) is 9.29. The van der Waals surface area contributed by atoms with Crippen molar-refractivity contribution >= 4 is 10.8 Å². The summed E-state index contributed by atoms with van der Waals surface area (Å²) in [6, 6.07) is 17.8. The Balaban J connectivity index is 1.60. The molecule has 28 heavy (non-hydrogen) atoms. The maximum atomic E-state index is 5.98. The summed E-state index contributed by atoms with van der Waals surface area (Å²) in [7, 11) is 0. The molecule has 0 aliphatic carbocycles. The average Bonchev–Trinajstić information content (AvgIpc) is 2.77. The van der Waals surface area contributed by atoms with Crippen molar-refractivity contribution in [1.29, 1.82) is 0 Å². The Labute approximate surface area is 163 Å². The minimum atomic E-state index is 0.338. The lowest BCUT2D eigenvalue weighted by molar-refractivity contribution is 0.289. The van der Waals surface area contributed by atoms with Gasteiger partial charge in [-0.05, 0) is 36.9 Å². The lowest BCUT2D eigenvalue weighted by atomic mass is 10.1. The highest BCUT2D eigenvalue weighted by Crippen LogP contribution is 2.30. The molecule has 0 saturated carbocycles. The van der Waals surface area contributed by atoms with Crippen molar-refractivity contribution in [3.8, 4) is 17.1 Å². The summed E-state index contributed by atoms with van der Waals surface area (Å²) in [5, 5.41) is 13.9. The standard InChI is InChI=1S/C22H21N5O/c1-2-23-14-17-8-5-9-18(25-17)15-28-22-20-11-4-3-10-19(20)21(26-27-22)16-7-6-12-24-13-16/h3-13,23H,2,14-15H2,1H3. The maximum Gasteiger partial charge on any atom is 0.241 e. The highest BCUT2D eigenvalue weighted by atomic mass is 16.5. The largest absolute Gasteiger partial charge is 0.470 e. The van der Waals surface area contributed by atoms with Crippen LogP contribution in [0.25, 0.3) is 22.0 Å². The lowest BCUT2D eigenvalue weighted by Gasteiger charge is -2.11. The van der Waals surface area contributed by atoms with E-state index in [1.54, 1.807) is 12.4 Å². The Kier molecular flexibility index (Phi) is 5.49. The molecule has 0 fully saturated rings. The van der Waals surface area contributed by atoms with Crippen LogP contribution in [0.1, 0.15) is 18.3 Å². The highest BCUT2D eigenvalue weighted by Gasteiger charge is 2.12. The molecule has 6 nitrogen and oxygen atoms in total. The minimum absolute atomic E-state index is 0.338. The van der Waals surface area contributed by atoms with E-state index in [2.05, 4.69) is 32.4 Å². The smallest absolute Gasteiger partial charge is 0.241 e. The fourth-order valence-electron chi connectivity index (χ4n) is 3.01. The minimum Gasteiger partial charge on any atom is -0.470 e. The van der Waals surface area contributed by atoms with Gasteiger partial charge in [0.1, 0.15) is 12.3 Å². The Bertz CT molecular complexity index is 1070. The molecule has 0 atom stereocenters. The molecule has 4 aromatic rings. The average molecular weight is 371 g/mol. The fourth-order valence-corrected chi connectivity index (χ4v) is 3.01. The number of nitrogens with zero attached hydrogens (tertiary/aromatic N) is 4. The van der Waals surface area contributed by atoms with Gasteiger partial charge in [-0.25, -0.2) is 0 Å². The molecule has 0 radical (unpaired) electrons. The van der Waals surface area contributed by atoms with Gasteiger partial charge in [-0.15, -0.1) is 10.2 Å². The van der Waals surface area contributed by atoms with Crippen LogP contribution in [-0.2, 0) is 13.2 Å². The predicted octanol–water partition coefficient (Wildman–Crippen LogP) is 3.78. The van der Waals surface area contributed by atoms with Gasteiger partial charge in [-0.3, -0.25) is 9.97 Å². The molecule has 0 amide bonds. The molecule has 6 heteroatoms. The van der Waals surface area contributed by atoms with Crippen LogP contribution < -0.4 is 10.1 Å². The van der Waals surface area contributed by atoms with Crippen molar-refractivity contribution in [3.05, 3.63) is 78.4 Å². The van der Waals surface area contributed by atoms with Gasteiger partial charge in [0.25, 0.3) is 0 Å². The van der Waals surface area contributed by atoms with E-state index < -0.39 is 0 Å². The summed E-state index contributed by atoms with van der Waals surface area (Å²) < 4.78 is 5.98. The molecule has 0 spiro atoms. The first kappa shape index (κ1) is 18.0. The molecule has 3 heterocycles. The number of nitrogens with one attached hydrogen (secondary N) is 1. The van der Waals surface area contributed by atoms with Gasteiger partial charge in [0.2, 0.25) is 5.88 Å². The highest BCUT2D eigenvalue weighted by molar-refractivity contribution is 5.96. The van der Waals surface area contributed by atoms with Gasteiger partial charge < -0.3 is 10.1 Å². The van der Waals surface area contributed by atoms with Gasteiger partial charge in [0, 0.05) is 35.3 Å². The zero-order valence-corrected chi connectivity index (χ0v) is 15.7. The van der Waals surface area contributed by atoms with Crippen LogP contribution in [0.4, 0.5) is 0 Å². The zero-order chi connectivity index (χ0) is 19.2. The van der Waals surface area contributed by atoms with Crippen molar-refractivity contribution in [2.24, 2.45) is 0 Å². The van der Waals surface area contributed by atoms with Gasteiger partial charge in [0.05, 0.1) is 11.4 Å². The number of aromatic nitrogens is 4. The third-order valence-electron chi connectivity index (χ3n) is 4.37. The molecule has 3 aromatic heterocycles. The van der Waals surface area contributed by atoms with Gasteiger partial charge in [0.15, 0.2) is 0 Å². The molecule has 1 aromatic carbocycles. The number of hydrogen-bond donors (Lipinski definition) is 1. The molecule has 0 unspecified atom stereocenters. The number of pyridine rings is 2. The summed E-state index contributed by atoms with van der Waals surface area (Å²) in [5.74, 6) is 0.502. The quantitative estimate of drug-likeness (QED) is 0.533. The topological polar surface area (TPSA) is 72.8 Å². The van der Waals surface area contributed by atoms with Crippen LogP contribution in [0.3, 0.4) is 0 Å². The van der Waals surface area contributed by atoms with Crippen molar-refractivity contribution in [2.75, 3.05) is 6.54 Å². The Morgan fingerprint density at radius 1 is 0.893 bits per heavy atom. The Morgan fingerprint density at radius 2 is 1.75 bits per heavy atom. The molecular weight excluding hydrogens is 350 g/mol. The molecule has 0 bridgehead atoms. The molecule has 0 aliphatic rings. The van der Waals surface area contributed by atoms with E-state index in [0.29, 0.717) is 12.5 Å². The third kappa shape index (κ3) is 3.97. The van der Waals surface area contributed by atoms with E-state index in [1.807, 2.05) is 54.6 Å². The second kappa shape index (κ2) is 8.54. The molecule has 1 N–H and O–H groups in total. The number of benzene rings is 1. The second-order valence-electron chi connectivity index (χ2n) is 6.33. The zero-order valence-electron chi connectivity index (χ0n) is 15.7. The van der Waals surface area contributed by atoms with E-state index in [4.69, 9.17) is 4.74 Å². The monoisotopic (exact) mass is 371 g/mol. The lowest BCUT2D eigenvalue weighted by Crippen LogP contribution is -2.13. The summed E-state index contributed by atoms with van der Waals surface area (Å²) in [4.78, 5) is 8.81. The predicted molar refractivity (Wildman–Crippen MR) is 109 cm³/mol. The van der Waals surface area contributed by atoms with E-state index in [9.17, 15) is 0 Å². The fraction of sp³-hybridized carbons (Fsp3) is 0.182. The summed E-state index contributed by atoms with van der Waals surface area (Å²) in [5.41, 5.74) is 3.57. The van der Waals surface area contributed by atoms with Gasteiger partial charge in [-0.1, -0.05) is 31.2 Å². The van der Waals surface area contributed by atoms with Crippen LogP contribution >= 0.6 is 0 Å². The number of hydrogen-bond acceptors (Lipinski definition) is 6. The van der Waals surface area contributed by atoms with E-state index in [0.717, 1.165) is 46.5 Å². The SMILES string of the molecule is CCNCc1cccc(COc2nnc(-c3cccnc3)c3ccccc23)n1. The van der Waals surface area contributed by atoms with E-state index in [1.165, 1.54) is 0 Å². The van der Waals surface area contributed by atoms with Crippen molar-refractivity contribution in [2.45, 2.75) is 20.1 Å². The first-order valence-corrected chi connectivity index (χ1v) is 9.29. The van der Waals surface area contributed by atoms with Crippen LogP contribution in [0.2, 0.25) is 0 Å². The van der Waals surface area contributed by atoms with Crippen LogP contribution in [0.5, 0.6) is 5.88 Å². The number of fused-ring (bicyclic) bond motifs is 1. The number of rotatable bonds is 7. The maximum absolute atomic E-state index is 5.98. The molecule has 140 valence electrons. The Hall–Kier alpha value is -3.38. The molecular formula is C22H21N5O. The molecule has 0 saturated heterocycles. The van der Waals surface area contributed by atoms with E-state index in [-0.39, 0.29) is 0 Å². The Morgan fingerprint density at radius 3 is 2.57 bits per heavy atom. The van der Waals surface area contributed by atoms with Crippen LogP contribution in [0, 0.1) is 0 Å². The van der Waals surface area contributed by atoms with Crippen LogP contribution in [0.15, 0.2) is 67.0 Å². The van der Waals surface area contributed by atoms with Crippen molar-refractivity contribution in [1.82, 2.24) is 25.5 Å². The third-order valence-corrected chi connectivity index (χ3v) is 4.37.